The number of aryl methyl sites for hydroxylation is 3. The average Bonchev–Trinajstić information content (AvgIpc) is 2.78. The van der Waals surface area contributed by atoms with Gasteiger partial charge in [0.1, 0.15) is 30.9 Å². The first kappa shape index (κ1) is 25.4. The molecular weight excluding hydrogens is 400 g/mol. The highest BCUT2D eigenvalue weighted by Gasteiger charge is 2.07. The SMILES string of the molecule is C/C=C/COc1cc(C)c(OCCCCCCCc2ccc(/C(C)=N/OC)nc2)c(C)c1. The lowest BCUT2D eigenvalue weighted by Gasteiger charge is -2.14. The zero-order valence-corrected chi connectivity index (χ0v) is 20.3. The Labute approximate surface area is 193 Å². The van der Waals surface area contributed by atoms with Gasteiger partial charge in [-0.25, -0.2) is 0 Å². The van der Waals surface area contributed by atoms with E-state index in [9.17, 15) is 0 Å². The Bertz CT molecular complexity index is 850. The fourth-order valence-electron chi connectivity index (χ4n) is 3.57. The van der Waals surface area contributed by atoms with E-state index < -0.39 is 0 Å². The summed E-state index contributed by atoms with van der Waals surface area (Å²) < 4.78 is 11.8. The van der Waals surface area contributed by atoms with E-state index in [-0.39, 0.29) is 0 Å². The van der Waals surface area contributed by atoms with Gasteiger partial charge in [0, 0.05) is 6.20 Å². The molecule has 1 aromatic carbocycles. The molecule has 0 radical (unpaired) electrons. The zero-order valence-electron chi connectivity index (χ0n) is 20.3. The van der Waals surface area contributed by atoms with Crippen LogP contribution < -0.4 is 9.47 Å². The van der Waals surface area contributed by atoms with Gasteiger partial charge in [-0.15, -0.1) is 0 Å². The summed E-state index contributed by atoms with van der Waals surface area (Å²) in [4.78, 5) is 9.26. The van der Waals surface area contributed by atoms with Gasteiger partial charge in [-0.2, -0.15) is 0 Å². The van der Waals surface area contributed by atoms with Crippen molar-refractivity contribution < 1.29 is 14.3 Å². The van der Waals surface area contributed by atoms with Gasteiger partial charge in [0.25, 0.3) is 0 Å². The molecule has 174 valence electrons. The van der Waals surface area contributed by atoms with Crippen LogP contribution in [-0.2, 0) is 11.3 Å². The first-order valence-corrected chi connectivity index (χ1v) is 11.6. The summed E-state index contributed by atoms with van der Waals surface area (Å²) in [5.41, 5.74) is 5.18. The van der Waals surface area contributed by atoms with Gasteiger partial charge in [-0.05, 0) is 81.8 Å². The number of nitrogens with zero attached hydrogens (tertiary/aromatic N) is 2. The quantitative estimate of drug-likeness (QED) is 0.144. The van der Waals surface area contributed by atoms with Crippen molar-refractivity contribution in [1.82, 2.24) is 4.98 Å². The molecule has 0 bridgehead atoms. The zero-order chi connectivity index (χ0) is 23.2. The molecule has 32 heavy (non-hydrogen) atoms. The van der Waals surface area contributed by atoms with Gasteiger partial charge in [-0.1, -0.05) is 42.6 Å². The number of rotatable bonds is 14. The molecule has 1 aromatic heterocycles. The molecule has 0 aliphatic heterocycles. The lowest BCUT2D eigenvalue weighted by Crippen LogP contribution is -2.02. The first-order chi connectivity index (χ1) is 15.5. The standard InChI is InChI=1S/C27H38N2O3/c1-6-7-16-31-25-18-21(2)27(22(3)19-25)32-17-12-10-8-9-11-13-24-14-15-26(28-20-24)23(4)29-30-5/h6-7,14-15,18-20H,8-13,16-17H2,1-5H3/b7-6+,29-23+. The monoisotopic (exact) mass is 438 g/mol. The Morgan fingerprint density at radius 1 is 1.00 bits per heavy atom. The van der Waals surface area contributed by atoms with Crippen molar-refractivity contribution in [3.63, 3.8) is 0 Å². The number of allylic oxidation sites excluding steroid dienone is 1. The van der Waals surface area contributed by atoms with Crippen molar-refractivity contribution in [3.8, 4) is 11.5 Å². The second-order valence-electron chi connectivity index (χ2n) is 8.04. The van der Waals surface area contributed by atoms with Crippen molar-refractivity contribution in [3.05, 3.63) is 65.0 Å². The van der Waals surface area contributed by atoms with Gasteiger partial charge >= 0.3 is 0 Å². The second-order valence-corrected chi connectivity index (χ2v) is 8.04. The Hall–Kier alpha value is -2.82. The lowest BCUT2D eigenvalue weighted by atomic mass is 10.1. The van der Waals surface area contributed by atoms with Gasteiger partial charge in [-0.3, -0.25) is 4.98 Å². The summed E-state index contributed by atoms with van der Waals surface area (Å²) in [5, 5.41) is 3.92. The Morgan fingerprint density at radius 3 is 2.38 bits per heavy atom. The normalized spacial score (nSPS) is 11.7. The molecule has 0 saturated carbocycles. The maximum atomic E-state index is 6.08. The van der Waals surface area contributed by atoms with Crippen LogP contribution in [0.5, 0.6) is 11.5 Å². The Kier molecular flexibility index (Phi) is 11.4. The topological polar surface area (TPSA) is 52.9 Å². The highest BCUT2D eigenvalue weighted by molar-refractivity contribution is 5.96. The molecule has 5 nitrogen and oxygen atoms in total. The van der Waals surface area contributed by atoms with E-state index >= 15 is 0 Å². The maximum Gasteiger partial charge on any atom is 0.125 e. The summed E-state index contributed by atoms with van der Waals surface area (Å²) in [5.74, 6) is 1.89. The average molecular weight is 439 g/mol. The van der Waals surface area contributed by atoms with Crippen LogP contribution in [0.3, 0.4) is 0 Å². The minimum Gasteiger partial charge on any atom is -0.493 e. The predicted octanol–water partition coefficient (Wildman–Crippen LogP) is 6.60. The summed E-state index contributed by atoms with van der Waals surface area (Å²) in [7, 11) is 1.55. The Balaban J connectivity index is 1.62. The molecule has 0 amide bonds. The number of hydrogen-bond acceptors (Lipinski definition) is 5. The molecule has 0 atom stereocenters. The van der Waals surface area contributed by atoms with Crippen LogP contribution in [0.25, 0.3) is 0 Å². The molecule has 2 rings (SSSR count). The van der Waals surface area contributed by atoms with Crippen LogP contribution in [-0.4, -0.2) is 31.0 Å². The molecule has 5 heteroatoms. The molecule has 0 saturated heterocycles. The third-order valence-corrected chi connectivity index (χ3v) is 5.30. The number of pyridine rings is 1. The van der Waals surface area contributed by atoms with Crippen molar-refractivity contribution in [1.29, 1.82) is 0 Å². The molecule has 0 unspecified atom stereocenters. The van der Waals surface area contributed by atoms with Crippen LogP contribution in [0.2, 0.25) is 0 Å². The number of benzene rings is 1. The molecular formula is C27H38N2O3. The van der Waals surface area contributed by atoms with Gasteiger partial charge in [0.2, 0.25) is 0 Å². The maximum absolute atomic E-state index is 6.08. The first-order valence-electron chi connectivity index (χ1n) is 11.6. The van der Waals surface area contributed by atoms with Gasteiger partial charge < -0.3 is 14.3 Å². The molecule has 0 aliphatic carbocycles. The van der Waals surface area contributed by atoms with Crippen molar-refractivity contribution in [2.75, 3.05) is 20.3 Å². The molecule has 0 spiro atoms. The lowest BCUT2D eigenvalue weighted by molar-refractivity contribution is 0.213. The number of unbranched alkanes of at least 4 members (excludes halogenated alkanes) is 4. The summed E-state index contributed by atoms with van der Waals surface area (Å²) >= 11 is 0. The molecule has 2 aromatic rings. The third-order valence-electron chi connectivity index (χ3n) is 5.30. The van der Waals surface area contributed by atoms with E-state index in [1.165, 1.54) is 31.2 Å². The molecule has 0 aliphatic rings. The van der Waals surface area contributed by atoms with E-state index in [4.69, 9.17) is 14.3 Å². The number of ether oxygens (including phenoxy) is 2. The van der Waals surface area contributed by atoms with Crippen molar-refractivity contribution >= 4 is 5.71 Å². The van der Waals surface area contributed by atoms with Crippen LogP contribution in [0.1, 0.15) is 68.3 Å². The van der Waals surface area contributed by atoms with E-state index in [0.29, 0.717) is 6.61 Å². The fourth-order valence-corrected chi connectivity index (χ4v) is 3.57. The smallest absolute Gasteiger partial charge is 0.125 e. The van der Waals surface area contributed by atoms with Gasteiger partial charge in [0.05, 0.1) is 12.3 Å². The largest absolute Gasteiger partial charge is 0.493 e. The summed E-state index contributed by atoms with van der Waals surface area (Å²) in [6, 6.07) is 8.25. The predicted molar refractivity (Wildman–Crippen MR) is 132 cm³/mol. The van der Waals surface area contributed by atoms with E-state index in [1.54, 1.807) is 7.11 Å². The minimum atomic E-state index is 0.598. The Morgan fingerprint density at radius 2 is 1.72 bits per heavy atom. The van der Waals surface area contributed by atoms with Crippen LogP contribution in [0, 0.1) is 13.8 Å². The molecule has 0 N–H and O–H groups in total. The van der Waals surface area contributed by atoms with Crippen molar-refractivity contribution in [2.45, 2.75) is 66.2 Å². The third kappa shape index (κ3) is 8.74. The van der Waals surface area contributed by atoms with Crippen LogP contribution in [0.15, 0.2) is 47.8 Å². The second kappa shape index (κ2) is 14.3. The van der Waals surface area contributed by atoms with E-state index in [0.717, 1.165) is 53.5 Å². The highest BCUT2D eigenvalue weighted by atomic mass is 16.6. The number of hydrogen-bond donors (Lipinski definition) is 0. The van der Waals surface area contributed by atoms with E-state index in [2.05, 4.69) is 42.2 Å². The minimum absolute atomic E-state index is 0.598. The summed E-state index contributed by atoms with van der Waals surface area (Å²) in [6.45, 7) is 9.41. The summed E-state index contributed by atoms with van der Waals surface area (Å²) in [6.07, 6.45) is 12.9. The molecule has 1 heterocycles. The highest BCUT2D eigenvalue weighted by Crippen LogP contribution is 2.28. The van der Waals surface area contributed by atoms with Gasteiger partial charge in [0.15, 0.2) is 0 Å². The van der Waals surface area contributed by atoms with Crippen LogP contribution in [0.4, 0.5) is 0 Å². The van der Waals surface area contributed by atoms with Crippen molar-refractivity contribution in [2.24, 2.45) is 5.16 Å². The number of aromatic nitrogens is 1. The fraction of sp³-hybridized carbons (Fsp3) is 0.481. The number of oxime groups is 1. The molecule has 0 fully saturated rings. The van der Waals surface area contributed by atoms with E-state index in [1.807, 2.05) is 38.3 Å². The van der Waals surface area contributed by atoms with Crippen LogP contribution >= 0.6 is 0 Å².